The van der Waals surface area contributed by atoms with Crippen molar-refractivity contribution in [3.63, 3.8) is 0 Å². The zero-order chi connectivity index (χ0) is 18.5. The first-order valence-corrected chi connectivity index (χ1v) is 8.27. The molecule has 3 aromatic carbocycles. The van der Waals surface area contributed by atoms with E-state index in [4.69, 9.17) is 4.74 Å². The molecule has 0 bridgehead atoms. The molecule has 0 spiro atoms. The van der Waals surface area contributed by atoms with E-state index in [9.17, 15) is 9.59 Å². The molecular weight excluding hydrogens is 328 g/mol. The molecule has 0 saturated carbocycles. The minimum Gasteiger partial charge on any atom is -0.484 e. The molecule has 2 amide bonds. The molecule has 26 heavy (non-hydrogen) atoms. The van der Waals surface area contributed by atoms with E-state index in [1.165, 1.54) is 4.90 Å². The number of benzene rings is 3. The molecule has 0 fully saturated rings. The molecule has 0 aliphatic heterocycles. The van der Waals surface area contributed by atoms with Crippen LogP contribution >= 0.6 is 0 Å². The molecule has 132 valence electrons. The lowest BCUT2D eigenvalue weighted by Crippen LogP contribution is -2.25. The van der Waals surface area contributed by atoms with Gasteiger partial charge in [-0.25, -0.2) is 0 Å². The number of nitrogens with one attached hydrogen (secondary N) is 1. The standard InChI is InChI=1S/C21H20N2O3/c1-23(2)21(25)18-9-5-6-10-19(18)22-20(24)14-26-17-12-11-15-7-3-4-8-16(15)13-17/h3-13H,14H2,1-2H3,(H,22,24). The van der Waals surface area contributed by atoms with Crippen LogP contribution in [0.15, 0.2) is 66.7 Å². The summed E-state index contributed by atoms with van der Waals surface area (Å²) < 4.78 is 5.59. The van der Waals surface area contributed by atoms with Crippen LogP contribution in [0.3, 0.4) is 0 Å². The number of nitrogens with zero attached hydrogens (tertiary/aromatic N) is 1. The number of rotatable bonds is 5. The number of anilines is 1. The summed E-state index contributed by atoms with van der Waals surface area (Å²) >= 11 is 0. The van der Waals surface area contributed by atoms with Gasteiger partial charge in [0.1, 0.15) is 5.75 Å². The summed E-state index contributed by atoms with van der Waals surface area (Å²) in [5.41, 5.74) is 0.912. The van der Waals surface area contributed by atoms with Crippen LogP contribution in [0.4, 0.5) is 5.69 Å². The van der Waals surface area contributed by atoms with E-state index in [0.717, 1.165) is 10.8 Å². The summed E-state index contributed by atoms with van der Waals surface area (Å²) in [6.45, 7) is -0.136. The van der Waals surface area contributed by atoms with Gasteiger partial charge in [-0.1, -0.05) is 42.5 Å². The Bertz CT molecular complexity index is 951. The fourth-order valence-electron chi connectivity index (χ4n) is 2.61. The first-order chi connectivity index (χ1) is 12.5. The van der Waals surface area contributed by atoms with Gasteiger partial charge in [-0.05, 0) is 35.0 Å². The molecule has 5 nitrogen and oxygen atoms in total. The van der Waals surface area contributed by atoms with E-state index in [1.54, 1.807) is 38.4 Å². The van der Waals surface area contributed by atoms with Crippen molar-refractivity contribution in [3.8, 4) is 5.75 Å². The van der Waals surface area contributed by atoms with Crippen LogP contribution in [0.5, 0.6) is 5.75 Å². The van der Waals surface area contributed by atoms with Crippen LogP contribution in [-0.4, -0.2) is 37.4 Å². The fraction of sp³-hybridized carbons (Fsp3) is 0.143. The number of amides is 2. The molecule has 3 aromatic rings. The molecule has 0 radical (unpaired) electrons. The van der Waals surface area contributed by atoms with Gasteiger partial charge in [-0.3, -0.25) is 9.59 Å². The Morgan fingerprint density at radius 3 is 2.38 bits per heavy atom. The lowest BCUT2D eigenvalue weighted by molar-refractivity contribution is -0.118. The largest absolute Gasteiger partial charge is 0.484 e. The summed E-state index contributed by atoms with van der Waals surface area (Å²) in [6.07, 6.45) is 0. The van der Waals surface area contributed by atoms with Gasteiger partial charge in [0.05, 0.1) is 11.3 Å². The van der Waals surface area contributed by atoms with Gasteiger partial charge >= 0.3 is 0 Å². The first kappa shape index (κ1) is 17.5. The van der Waals surface area contributed by atoms with Crippen molar-refractivity contribution in [2.75, 3.05) is 26.0 Å². The van der Waals surface area contributed by atoms with Crippen LogP contribution in [0, 0.1) is 0 Å². The SMILES string of the molecule is CN(C)C(=O)c1ccccc1NC(=O)COc1ccc2ccccc2c1. The Balaban J connectivity index is 1.66. The third-order valence-corrected chi connectivity index (χ3v) is 3.93. The quantitative estimate of drug-likeness (QED) is 0.767. The van der Waals surface area contributed by atoms with Crippen molar-refractivity contribution in [1.29, 1.82) is 0 Å². The predicted molar refractivity (Wildman–Crippen MR) is 103 cm³/mol. The van der Waals surface area contributed by atoms with Gasteiger partial charge in [0.2, 0.25) is 0 Å². The van der Waals surface area contributed by atoms with E-state index in [1.807, 2.05) is 42.5 Å². The van der Waals surface area contributed by atoms with Gasteiger partial charge in [0.25, 0.3) is 11.8 Å². The number of ether oxygens (including phenoxy) is 1. The van der Waals surface area contributed by atoms with E-state index < -0.39 is 0 Å². The molecule has 0 heterocycles. The molecular formula is C21H20N2O3. The highest BCUT2D eigenvalue weighted by molar-refractivity contribution is 6.03. The minimum atomic E-state index is -0.322. The maximum Gasteiger partial charge on any atom is 0.262 e. The minimum absolute atomic E-state index is 0.136. The van der Waals surface area contributed by atoms with Crippen LogP contribution in [0.2, 0.25) is 0 Å². The number of para-hydroxylation sites is 1. The topological polar surface area (TPSA) is 58.6 Å². The zero-order valence-corrected chi connectivity index (χ0v) is 14.7. The van der Waals surface area contributed by atoms with E-state index >= 15 is 0 Å². The Morgan fingerprint density at radius 2 is 1.62 bits per heavy atom. The molecule has 1 N–H and O–H groups in total. The highest BCUT2D eigenvalue weighted by Crippen LogP contribution is 2.21. The zero-order valence-electron chi connectivity index (χ0n) is 14.7. The van der Waals surface area contributed by atoms with Crippen molar-refractivity contribution in [1.82, 2.24) is 4.90 Å². The van der Waals surface area contributed by atoms with Crippen molar-refractivity contribution in [2.45, 2.75) is 0 Å². The van der Waals surface area contributed by atoms with Gasteiger partial charge in [0, 0.05) is 14.1 Å². The Kier molecular flexibility index (Phi) is 5.17. The van der Waals surface area contributed by atoms with Gasteiger partial charge < -0.3 is 15.0 Å². The second kappa shape index (κ2) is 7.70. The molecule has 0 saturated heterocycles. The number of fused-ring (bicyclic) bond motifs is 1. The Hall–Kier alpha value is -3.34. The highest BCUT2D eigenvalue weighted by atomic mass is 16.5. The summed E-state index contributed by atoms with van der Waals surface area (Å²) in [5, 5.41) is 4.90. The van der Waals surface area contributed by atoms with Crippen LogP contribution in [0.25, 0.3) is 10.8 Å². The summed E-state index contributed by atoms with van der Waals surface area (Å²) in [6, 6.07) is 20.5. The predicted octanol–water partition coefficient (Wildman–Crippen LogP) is 3.56. The Morgan fingerprint density at radius 1 is 0.923 bits per heavy atom. The molecule has 0 aliphatic rings. The maximum absolute atomic E-state index is 12.2. The molecule has 0 aliphatic carbocycles. The summed E-state index contributed by atoms with van der Waals surface area (Å²) in [5.74, 6) is 0.130. The van der Waals surface area contributed by atoms with Gasteiger partial charge in [0.15, 0.2) is 6.61 Å². The van der Waals surface area contributed by atoms with Crippen molar-refractivity contribution >= 4 is 28.3 Å². The second-order valence-electron chi connectivity index (χ2n) is 6.09. The summed E-state index contributed by atoms with van der Waals surface area (Å²) in [7, 11) is 3.34. The number of carbonyl (C=O) groups is 2. The molecule has 3 rings (SSSR count). The maximum atomic E-state index is 12.2. The number of hydrogen-bond donors (Lipinski definition) is 1. The fourth-order valence-corrected chi connectivity index (χ4v) is 2.61. The van der Waals surface area contributed by atoms with Crippen LogP contribution < -0.4 is 10.1 Å². The molecule has 5 heteroatoms. The van der Waals surface area contributed by atoms with Gasteiger partial charge in [-0.15, -0.1) is 0 Å². The third kappa shape index (κ3) is 4.00. The second-order valence-corrected chi connectivity index (χ2v) is 6.09. The molecule has 0 unspecified atom stereocenters. The lowest BCUT2D eigenvalue weighted by atomic mass is 10.1. The van der Waals surface area contributed by atoms with Gasteiger partial charge in [-0.2, -0.15) is 0 Å². The smallest absolute Gasteiger partial charge is 0.262 e. The third-order valence-electron chi connectivity index (χ3n) is 3.93. The van der Waals surface area contributed by atoms with Crippen LogP contribution in [-0.2, 0) is 4.79 Å². The van der Waals surface area contributed by atoms with Crippen molar-refractivity contribution in [3.05, 3.63) is 72.3 Å². The lowest BCUT2D eigenvalue weighted by Gasteiger charge is -2.15. The normalized spacial score (nSPS) is 10.4. The monoisotopic (exact) mass is 348 g/mol. The van der Waals surface area contributed by atoms with E-state index in [0.29, 0.717) is 17.0 Å². The van der Waals surface area contributed by atoms with E-state index in [-0.39, 0.29) is 18.4 Å². The van der Waals surface area contributed by atoms with Crippen molar-refractivity contribution < 1.29 is 14.3 Å². The first-order valence-electron chi connectivity index (χ1n) is 8.27. The van der Waals surface area contributed by atoms with E-state index in [2.05, 4.69) is 5.32 Å². The average molecular weight is 348 g/mol. The van der Waals surface area contributed by atoms with Crippen molar-refractivity contribution in [2.24, 2.45) is 0 Å². The number of hydrogen-bond acceptors (Lipinski definition) is 3. The highest BCUT2D eigenvalue weighted by Gasteiger charge is 2.14. The summed E-state index contributed by atoms with van der Waals surface area (Å²) in [4.78, 5) is 25.9. The average Bonchev–Trinajstić information content (AvgIpc) is 2.66. The van der Waals surface area contributed by atoms with Crippen LogP contribution in [0.1, 0.15) is 10.4 Å². The number of carbonyl (C=O) groups excluding carboxylic acids is 2. The molecule has 0 aromatic heterocycles. The Labute approximate surface area is 152 Å². The molecule has 0 atom stereocenters.